The lowest BCUT2D eigenvalue weighted by Gasteiger charge is -2.09. The van der Waals surface area contributed by atoms with Crippen molar-refractivity contribution in [2.45, 2.75) is 11.9 Å². The Morgan fingerprint density at radius 2 is 2.07 bits per heavy atom. The number of nitrogens with one attached hydrogen (secondary N) is 1. The molecule has 0 aliphatic heterocycles. The number of anilines is 1. The quantitative estimate of drug-likeness (QED) is 0.442. The summed E-state index contributed by atoms with van der Waals surface area (Å²) in [6, 6.07) is 11.3. The fourth-order valence-corrected chi connectivity index (χ4v) is 5.15. The number of thiazole rings is 1. The number of benzene rings is 1. The van der Waals surface area contributed by atoms with Crippen LogP contribution in [0.4, 0.5) is 5.69 Å². The van der Waals surface area contributed by atoms with Gasteiger partial charge in [0, 0.05) is 0 Å². The molecular formula is C19H16N4O2S3. The molecule has 4 aromatic rings. The first-order valence-electron chi connectivity index (χ1n) is 8.39. The van der Waals surface area contributed by atoms with Gasteiger partial charge in [-0.15, -0.1) is 32.9 Å². The Hall–Kier alpha value is -2.49. The number of methoxy groups -OCH3 is 1. The van der Waals surface area contributed by atoms with E-state index in [9.17, 15) is 4.79 Å². The second kappa shape index (κ2) is 8.26. The van der Waals surface area contributed by atoms with Gasteiger partial charge in [0.2, 0.25) is 5.91 Å². The van der Waals surface area contributed by atoms with Crippen LogP contribution < -0.4 is 10.1 Å². The minimum atomic E-state index is -0.140. The van der Waals surface area contributed by atoms with Gasteiger partial charge in [0.25, 0.3) is 0 Å². The first kappa shape index (κ1) is 18.9. The lowest BCUT2D eigenvalue weighted by atomic mass is 10.3. The van der Waals surface area contributed by atoms with Gasteiger partial charge in [-0.2, -0.15) is 0 Å². The summed E-state index contributed by atoms with van der Waals surface area (Å²) in [5.41, 5.74) is 2.29. The second-order valence-electron chi connectivity index (χ2n) is 5.78. The number of hydrogen-bond donors (Lipinski definition) is 1. The van der Waals surface area contributed by atoms with E-state index in [0.717, 1.165) is 25.8 Å². The van der Waals surface area contributed by atoms with Crippen molar-refractivity contribution in [2.75, 3.05) is 18.2 Å². The summed E-state index contributed by atoms with van der Waals surface area (Å²) >= 11 is 4.55. The molecule has 0 aliphatic rings. The third kappa shape index (κ3) is 3.87. The van der Waals surface area contributed by atoms with Crippen molar-refractivity contribution in [2.24, 2.45) is 0 Å². The average Bonchev–Trinajstić information content (AvgIpc) is 3.36. The van der Waals surface area contributed by atoms with E-state index in [1.807, 2.05) is 36.6 Å². The number of thiophene rings is 1. The zero-order valence-electron chi connectivity index (χ0n) is 15.1. The molecule has 0 saturated carbocycles. The van der Waals surface area contributed by atoms with Gasteiger partial charge in [0.15, 0.2) is 0 Å². The summed E-state index contributed by atoms with van der Waals surface area (Å²) in [5, 5.41) is 15.3. The number of carbonyl (C=O) groups excluding carboxylic acids is 1. The molecule has 3 aromatic heterocycles. The summed E-state index contributed by atoms with van der Waals surface area (Å²) in [4.78, 5) is 18.1. The number of para-hydroxylation sites is 2. The molecule has 142 valence electrons. The monoisotopic (exact) mass is 428 g/mol. The van der Waals surface area contributed by atoms with Crippen molar-refractivity contribution in [3.8, 4) is 16.3 Å². The predicted molar refractivity (Wildman–Crippen MR) is 116 cm³/mol. The third-order valence-electron chi connectivity index (χ3n) is 3.87. The molecule has 0 unspecified atom stereocenters. The fourth-order valence-electron chi connectivity index (χ4n) is 2.66. The van der Waals surface area contributed by atoms with Crippen LogP contribution in [0.1, 0.15) is 5.01 Å². The van der Waals surface area contributed by atoms with Crippen LogP contribution in [-0.2, 0) is 4.79 Å². The molecule has 9 heteroatoms. The molecule has 3 heterocycles. The van der Waals surface area contributed by atoms with Crippen LogP contribution in [0.2, 0.25) is 0 Å². The number of aromatic nitrogens is 3. The average molecular weight is 429 g/mol. The van der Waals surface area contributed by atoms with Gasteiger partial charge >= 0.3 is 0 Å². The number of aryl methyl sites for hydroxylation is 1. The number of fused-ring (bicyclic) bond motifs is 1. The van der Waals surface area contributed by atoms with Crippen molar-refractivity contribution < 1.29 is 9.53 Å². The summed E-state index contributed by atoms with van der Waals surface area (Å²) in [6.45, 7) is 1.96. The van der Waals surface area contributed by atoms with E-state index in [4.69, 9.17) is 4.74 Å². The number of amides is 1. The van der Waals surface area contributed by atoms with Crippen LogP contribution in [0.15, 0.2) is 46.8 Å². The molecular weight excluding hydrogens is 412 g/mol. The van der Waals surface area contributed by atoms with Gasteiger partial charge in [-0.3, -0.25) is 4.79 Å². The van der Waals surface area contributed by atoms with Crippen molar-refractivity contribution in [1.29, 1.82) is 0 Å². The minimum Gasteiger partial charge on any atom is -0.495 e. The fraction of sp³-hybridized carbons (Fsp3) is 0.158. The Morgan fingerprint density at radius 1 is 1.21 bits per heavy atom. The van der Waals surface area contributed by atoms with Crippen molar-refractivity contribution in [3.63, 3.8) is 0 Å². The zero-order valence-corrected chi connectivity index (χ0v) is 17.6. The minimum absolute atomic E-state index is 0.140. The molecule has 0 fully saturated rings. The molecule has 1 amide bonds. The molecule has 4 rings (SSSR count). The third-order valence-corrected chi connectivity index (χ3v) is 6.68. The standard InChI is InChI=1S/C19H16N4O2S3/c1-11-20-17-18(28-11)16(14-8-5-9-26-14)22-23-19(17)27-10-15(24)21-12-6-3-4-7-13(12)25-2/h3-9H,10H2,1-2H3,(H,21,24). The van der Waals surface area contributed by atoms with Crippen molar-refractivity contribution >= 4 is 56.2 Å². The van der Waals surface area contributed by atoms with Crippen LogP contribution >= 0.6 is 34.4 Å². The van der Waals surface area contributed by atoms with E-state index in [-0.39, 0.29) is 11.7 Å². The summed E-state index contributed by atoms with van der Waals surface area (Å²) in [7, 11) is 1.58. The van der Waals surface area contributed by atoms with Gasteiger partial charge in [-0.05, 0) is 30.5 Å². The molecule has 28 heavy (non-hydrogen) atoms. The molecule has 0 bridgehead atoms. The molecule has 1 N–H and O–H groups in total. The molecule has 0 atom stereocenters. The Morgan fingerprint density at radius 3 is 2.86 bits per heavy atom. The lowest BCUT2D eigenvalue weighted by Crippen LogP contribution is -2.14. The Kier molecular flexibility index (Phi) is 5.56. The van der Waals surface area contributed by atoms with Crippen LogP contribution in [0.3, 0.4) is 0 Å². The maximum absolute atomic E-state index is 12.4. The van der Waals surface area contributed by atoms with E-state index < -0.39 is 0 Å². The molecule has 0 radical (unpaired) electrons. The van der Waals surface area contributed by atoms with E-state index in [1.54, 1.807) is 41.9 Å². The Bertz CT molecular complexity index is 1130. The van der Waals surface area contributed by atoms with Crippen LogP contribution in [0.25, 0.3) is 20.8 Å². The van der Waals surface area contributed by atoms with E-state index in [1.165, 1.54) is 11.8 Å². The normalized spacial score (nSPS) is 10.9. The number of thioether (sulfide) groups is 1. The molecule has 0 saturated heterocycles. The number of nitrogens with zero attached hydrogens (tertiary/aromatic N) is 3. The highest BCUT2D eigenvalue weighted by molar-refractivity contribution is 8.00. The van der Waals surface area contributed by atoms with Gasteiger partial charge < -0.3 is 10.1 Å². The van der Waals surface area contributed by atoms with Gasteiger partial charge in [-0.1, -0.05) is 30.0 Å². The maximum atomic E-state index is 12.4. The van der Waals surface area contributed by atoms with Crippen molar-refractivity contribution in [3.05, 3.63) is 46.8 Å². The Balaban J connectivity index is 1.54. The number of hydrogen-bond acceptors (Lipinski definition) is 8. The largest absolute Gasteiger partial charge is 0.495 e. The highest BCUT2D eigenvalue weighted by atomic mass is 32.2. The molecule has 0 spiro atoms. The first-order chi connectivity index (χ1) is 13.7. The van der Waals surface area contributed by atoms with E-state index in [0.29, 0.717) is 16.5 Å². The van der Waals surface area contributed by atoms with E-state index in [2.05, 4.69) is 20.5 Å². The van der Waals surface area contributed by atoms with Gasteiger partial charge in [0.1, 0.15) is 22.0 Å². The highest BCUT2D eigenvalue weighted by Crippen LogP contribution is 2.36. The molecule has 1 aromatic carbocycles. The lowest BCUT2D eigenvalue weighted by molar-refractivity contribution is -0.113. The summed E-state index contributed by atoms with van der Waals surface area (Å²) in [6.07, 6.45) is 0. The number of carbonyl (C=O) groups is 1. The van der Waals surface area contributed by atoms with Crippen LogP contribution in [-0.4, -0.2) is 34.0 Å². The van der Waals surface area contributed by atoms with Crippen LogP contribution in [0, 0.1) is 6.92 Å². The second-order valence-corrected chi connectivity index (χ2v) is 8.89. The smallest absolute Gasteiger partial charge is 0.234 e. The zero-order chi connectivity index (χ0) is 19.5. The highest BCUT2D eigenvalue weighted by Gasteiger charge is 2.17. The number of rotatable bonds is 6. The van der Waals surface area contributed by atoms with Gasteiger partial charge in [-0.25, -0.2) is 4.98 Å². The van der Waals surface area contributed by atoms with Crippen LogP contribution in [0.5, 0.6) is 5.75 Å². The SMILES string of the molecule is COc1ccccc1NC(=O)CSc1nnc(-c2cccs2)c2sc(C)nc12. The topological polar surface area (TPSA) is 77.0 Å². The molecule has 0 aliphatic carbocycles. The summed E-state index contributed by atoms with van der Waals surface area (Å²) < 4.78 is 6.27. The molecule has 6 nitrogen and oxygen atoms in total. The maximum Gasteiger partial charge on any atom is 0.234 e. The summed E-state index contributed by atoms with van der Waals surface area (Å²) in [5.74, 6) is 0.689. The van der Waals surface area contributed by atoms with Crippen molar-refractivity contribution in [1.82, 2.24) is 15.2 Å². The first-order valence-corrected chi connectivity index (χ1v) is 11.1. The number of ether oxygens (including phenoxy) is 1. The van der Waals surface area contributed by atoms with Gasteiger partial charge in [0.05, 0.1) is 33.1 Å². The Labute approximate surface area is 174 Å². The van der Waals surface area contributed by atoms with E-state index >= 15 is 0 Å². The predicted octanol–water partition coefficient (Wildman–Crippen LogP) is 4.86.